The Balaban J connectivity index is 0.000000483. The first kappa shape index (κ1) is 27.9. The summed E-state index contributed by atoms with van der Waals surface area (Å²) in [5, 5.41) is 6.61. The second kappa shape index (κ2) is 9.79. The van der Waals surface area contributed by atoms with E-state index in [-0.39, 0.29) is 31.1 Å². The topological polar surface area (TPSA) is 0 Å². The van der Waals surface area contributed by atoms with E-state index in [0.29, 0.717) is 0 Å². The van der Waals surface area contributed by atoms with Crippen LogP contribution in [0.3, 0.4) is 0 Å². The van der Waals surface area contributed by atoms with Crippen LogP contribution in [0.4, 0.5) is 0 Å². The molecule has 0 aromatic rings. The molecular weight excluding hydrogens is 615 g/mol. The fraction of sp³-hybridized carbons (Fsp3) is 0.636. The number of allylic oxidation sites excluding steroid dienone is 8. The molecule has 0 aromatic heterocycles. The van der Waals surface area contributed by atoms with Gasteiger partial charge in [-0.2, -0.15) is 12.2 Å². The molecule has 150 valence electrons. The van der Waals surface area contributed by atoms with E-state index < -0.39 is 32.3 Å². The smallest absolute Gasteiger partial charge is 0.273 e. The molecule has 27 heavy (non-hydrogen) atoms. The van der Waals surface area contributed by atoms with E-state index >= 15 is 0 Å². The molecule has 0 amide bonds. The van der Waals surface area contributed by atoms with Gasteiger partial charge in [0.1, 0.15) is 0 Å². The maximum atomic E-state index is 3.57. The average Bonchev–Trinajstić information content (AvgIpc) is 3.06. The van der Waals surface area contributed by atoms with Gasteiger partial charge in [0.25, 0.3) is 0 Å². The van der Waals surface area contributed by atoms with Crippen molar-refractivity contribution in [3.63, 3.8) is 0 Å². The normalized spacial score (nSPS) is 17.9. The SMILES string of the molecule is C[Si](C)(C)C1=[C-]CC=C1[Si](C)(C)C.C[Si](C)(C)C1=[C-]CC=C1[Si](C)(C)C.[U+2]. The minimum atomic E-state index is -1.13. The van der Waals surface area contributed by atoms with Crippen molar-refractivity contribution in [3.05, 3.63) is 45.1 Å². The van der Waals surface area contributed by atoms with Gasteiger partial charge in [0.2, 0.25) is 0 Å². The van der Waals surface area contributed by atoms with Crippen LogP contribution in [-0.2, 0) is 0 Å². The second-order valence-electron chi connectivity index (χ2n) is 11.7. The molecule has 0 heterocycles. The van der Waals surface area contributed by atoms with Crippen molar-refractivity contribution in [2.24, 2.45) is 0 Å². The molecule has 0 saturated heterocycles. The number of rotatable bonds is 4. The Bertz CT molecular complexity index is 526. The summed E-state index contributed by atoms with van der Waals surface area (Å²) in [7, 11) is -4.45. The monoisotopic (exact) mass is 656 g/mol. The van der Waals surface area contributed by atoms with Crippen LogP contribution in [-0.4, -0.2) is 32.3 Å². The van der Waals surface area contributed by atoms with E-state index in [2.05, 4.69) is 103 Å². The predicted molar refractivity (Wildman–Crippen MR) is 132 cm³/mol. The second-order valence-corrected chi connectivity index (χ2v) is 31.8. The van der Waals surface area contributed by atoms with E-state index in [9.17, 15) is 0 Å². The summed E-state index contributed by atoms with van der Waals surface area (Å²) in [6.07, 6.45) is 14.1. The molecule has 0 nitrogen and oxygen atoms in total. The van der Waals surface area contributed by atoms with Gasteiger partial charge in [-0.05, 0) is 16.1 Å². The van der Waals surface area contributed by atoms with Gasteiger partial charge < -0.3 is 0 Å². The standard InChI is InChI=1S/2C11H21Si2.U/c2*1-12(2,3)10-8-7-9-11(10)13(4,5)6;/h2*8H,7H2,1-6H3;/q2*-1;+2. The van der Waals surface area contributed by atoms with Crippen LogP contribution in [0, 0.1) is 43.3 Å². The molecule has 5 heteroatoms. The molecule has 2 aliphatic carbocycles. The van der Waals surface area contributed by atoms with Crippen LogP contribution < -0.4 is 0 Å². The molecule has 0 aliphatic heterocycles. The average molecular weight is 657 g/mol. The maximum absolute atomic E-state index is 3.57. The molecule has 0 fully saturated rings. The molecular formula is C22H42Si4U. The van der Waals surface area contributed by atoms with E-state index in [1.54, 1.807) is 20.8 Å². The first-order valence-corrected chi connectivity index (χ1v) is 24.1. The van der Waals surface area contributed by atoms with Crippen molar-refractivity contribution < 1.29 is 31.1 Å². The van der Waals surface area contributed by atoms with E-state index in [1.807, 2.05) is 0 Å². The van der Waals surface area contributed by atoms with Crippen LogP contribution in [0.1, 0.15) is 12.8 Å². The quantitative estimate of drug-likeness (QED) is 0.216. The third kappa shape index (κ3) is 8.26. The Morgan fingerprint density at radius 1 is 0.519 bits per heavy atom. The van der Waals surface area contributed by atoms with Crippen molar-refractivity contribution in [1.29, 1.82) is 0 Å². The summed E-state index contributed by atoms with van der Waals surface area (Å²) in [5.74, 6) is 0. The number of hydrogen-bond acceptors (Lipinski definition) is 0. The first-order chi connectivity index (χ1) is 11.5. The molecule has 0 radical (unpaired) electrons. The van der Waals surface area contributed by atoms with E-state index in [0.717, 1.165) is 12.8 Å². The summed E-state index contributed by atoms with van der Waals surface area (Å²) >= 11 is 0. The van der Waals surface area contributed by atoms with Crippen molar-refractivity contribution in [1.82, 2.24) is 0 Å². The first-order valence-electron chi connectivity index (χ1n) is 10.1. The maximum Gasteiger partial charge on any atom is 2.00 e. The summed E-state index contributed by atoms with van der Waals surface area (Å²) in [6.45, 7) is 29.2. The zero-order valence-corrected chi connectivity index (χ0v) is 28.2. The fourth-order valence-electron chi connectivity index (χ4n) is 3.61. The van der Waals surface area contributed by atoms with Crippen LogP contribution >= 0.6 is 0 Å². The van der Waals surface area contributed by atoms with Crippen LogP contribution in [0.2, 0.25) is 78.6 Å². The zero-order valence-electron chi connectivity index (χ0n) is 20.1. The van der Waals surface area contributed by atoms with Crippen molar-refractivity contribution in [2.75, 3.05) is 0 Å². The Hall–Kier alpha value is 0.879. The largest absolute Gasteiger partial charge is 2.00 e. The molecule has 0 bridgehead atoms. The van der Waals surface area contributed by atoms with Crippen molar-refractivity contribution in [3.8, 4) is 0 Å². The minimum Gasteiger partial charge on any atom is -0.273 e. The van der Waals surface area contributed by atoms with E-state index in [1.165, 1.54) is 0 Å². The van der Waals surface area contributed by atoms with Gasteiger partial charge in [0.15, 0.2) is 0 Å². The Kier molecular flexibility index (Phi) is 10.1. The van der Waals surface area contributed by atoms with Crippen LogP contribution in [0.15, 0.2) is 32.9 Å². The summed E-state index contributed by atoms with van der Waals surface area (Å²) in [5.41, 5.74) is 0. The van der Waals surface area contributed by atoms with Gasteiger partial charge in [-0.15, -0.1) is 12.8 Å². The Morgan fingerprint density at radius 3 is 0.926 bits per heavy atom. The van der Waals surface area contributed by atoms with Crippen LogP contribution in [0.25, 0.3) is 0 Å². The van der Waals surface area contributed by atoms with Crippen molar-refractivity contribution in [2.45, 2.75) is 91.4 Å². The Morgan fingerprint density at radius 2 is 0.778 bits per heavy atom. The summed E-state index contributed by atoms with van der Waals surface area (Å²) in [4.78, 5) is 0. The third-order valence-corrected chi connectivity index (χ3v) is 13.4. The molecule has 0 aromatic carbocycles. The zero-order chi connectivity index (χ0) is 20.6. The number of hydrogen-bond donors (Lipinski definition) is 0. The molecule has 2 aliphatic rings. The Labute approximate surface area is 198 Å². The van der Waals surface area contributed by atoms with Gasteiger partial charge in [-0.25, -0.2) is 20.8 Å². The van der Waals surface area contributed by atoms with Gasteiger partial charge >= 0.3 is 31.1 Å². The molecule has 2 rings (SSSR count). The summed E-state index contributed by atoms with van der Waals surface area (Å²) < 4.78 is 0. The molecule has 0 unspecified atom stereocenters. The molecule has 0 saturated carbocycles. The third-order valence-electron chi connectivity index (χ3n) is 4.82. The fourth-order valence-corrected chi connectivity index (χ4v) is 14.3. The summed E-state index contributed by atoms with van der Waals surface area (Å²) in [6, 6.07) is 0. The molecule has 0 N–H and O–H groups in total. The van der Waals surface area contributed by atoms with Gasteiger partial charge in [0, 0.05) is 16.1 Å². The molecule has 0 spiro atoms. The minimum absolute atomic E-state index is 0. The molecule has 0 atom stereocenters. The van der Waals surface area contributed by atoms with Gasteiger partial charge in [-0.3, -0.25) is 12.2 Å². The van der Waals surface area contributed by atoms with Gasteiger partial charge in [0.05, 0.1) is 0 Å². The van der Waals surface area contributed by atoms with E-state index in [4.69, 9.17) is 0 Å². The predicted octanol–water partition coefficient (Wildman–Crippen LogP) is 7.60. The van der Waals surface area contributed by atoms with Crippen molar-refractivity contribution >= 4 is 32.3 Å². The van der Waals surface area contributed by atoms with Crippen LogP contribution in [0.5, 0.6) is 0 Å². The van der Waals surface area contributed by atoms with Gasteiger partial charge in [-0.1, -0.05) is 78.6 Å².